The first-order valence-electron chi connectivity index (χ1n) is 20.8. The third-order valence-corrected chi connectivity index (χ3v) is 11.9. The van der Waals surface area contributed by atoms with E-state index in [9.17, 15) is 24.3 Å². The number of ether oxygens (including phenoxy) is 5. The highest BCUT2D eigenvalue weighted by atomic mass is 16.8. The summed E-state index contributed by atoms with van der Waals surface area (Å²) in [5, 5.41) is 26.3. The number of esters is 2. The molecule has 3 aromatic rings. The van der Waals surface area contributed by atoms with E-state index in [1.807, 2.05) is 36.4 Å². The van der Waals surface area contributed by atoms with Gasteiger partial charge in [-0.25, -0.2) is 0 Å². The Balaban J connectivity index is 1.01. The third-order valence-electron chi connectivity index (χ3n) is 11.9. The van der Waals surface area contributed by atoms with Crippen molar-refractivity contribution in [3.63, 3.8) is 0 Å². The number of hydroxylamine groups is 2. The fraction of sp³-hybridized carbons (Fsp3) is 0.478. The quantitative estimate of drug-likeness (QED) is 0.0992. The predicted octanol–water partition coefficient (Wildman–Crippen LogP) is 3.27. The smallest absolute Gasteiger partial charge is 0.327 e. The maximum absolute atomic E-state index is 14.9. The monoisotopic (exact) mass is 839 g/mol. The Kier molecular flexibility index (Phi) is 12.1. The molecule has 15 heteroatoms. The highest BCUT2D eigenvalue weighted by molar-refractivity contribution is 5.95. The van der Waals surface area contributed by atoms with Crippen LogP contribution in [0.2, 0.25) is 0 Å². The molecule has 1 spiro atoms. The summed E-state index contributed by atoms with van der Waals surface area (Å²) in [5.41, 5.74) is 2.78. The van der Waals surface area contributed by atoms with Crippen LogP contribution in [0.4, 0.5) is 0 Å². The Morgan fingerprint density at radius 3 is 2.41 bits per heavy atom. The molecule has 3 aromatic carbocycles. The van der Waals surface area contributed by atoms with E-state index in [1.165, 1.54) is 6.26 Å². The predicted molar refractivity (Wildman–Crippen MR) is 218 cm³/mol. The van der Waals surface area contributed by atoms with Gasteiger partial charge in [-0.1, -0.05) is 60.7 Å². The summed E-state index contributed by atoms with van der Waals surface area (Å²) in [4.78, 5) is 61.4. The minimum atomic E-state index is -1.41. The SMILES string of the molecule is CC(C)(C)OC(=O)CC[C@@H](CO)NC(=O)c1cccc(CNC(=O)[C@@]23C[C@H]4OC(=O)[C@@H]2N(Cc2ccc(C=COCCO)cc2)O[C@@H]3[C@H]2OC3(Cc5ccccc5C3)O[C@H]24)c1. The summed E-state index contributed by atoms with van der Waals surface area (Å²) < 4.78 is 30.3. The molecule has 2 amide bonds. The first kappa shape index (κ1) is 42.5. The minimum absolute atomic E-state index is 0.0218. The molecule has 3 aliphatic heterocycles. The van der Waals surface area contributed by atoms with Crippen LogP contribution in [0.25, 0.3) is 6.08 Å². The van der Waals surface area contributed by atoms with Crippen molar-refractivity contribution in [3.05, 3.63) is 112 Å². The van der Waals surface area contributed by atoms with Crippen molar-refractivity contribution in [2.24, 2.45) is 5.41 Å². The van der Waals surface area contributed by atoms with Crippen molar-refractivity contribution in [2.45, 2.75) is 114 Å². The van der Waals surface area contributed by atoms with Crippen LogP contribution in [0.15, 0.2) is 79.1 Å². The van der Waals surface area contributed by atoms with Crippen molar-refractivity contribution in [2.75, 3.05) is 19.8 Å². The number of nitrogens with one attached hydrogen (secondary N) is 2. The average molecular weight is 840 g/mol. The van der Waals surface area contributed by atoms with Gasteiger partial charge in [0.2, 0.25) is 5.91 Å². The number of carbonyl (C=O) groups excluding carboxylic acids is 4. The molecule has 0 unspecified atom stereocenters. The average Bonchev–Trinajstić information content (AvgIpc) is 3.91. The van der Waals surface area contributed by atoms with Gasteiger partial charge in [-0.2, -0.15) is 5.06 Å². The van der Waals surface area contributed by atoms with E-state index in [1.54, 1.807) is 56.2 Å². The van der Waals surface area contributed by atoms with E-state index in [0.29, 0.717) is 24.0 Å². The fourth-order valence-corrected chi connectivity index (χ4v) is 9.25. The molecule has 3 saturated heterocycles. The van der Waals surface area contributed by atoms with E-state index in [2.05, 4.69) is 22.8 Å². The van der Waals surface area contributed by atoms with Gasteiger partial charge in [-0.15, -0.1) is 0 Å². The van der Waals surface area contributed by atoms with E-state index >= 15 is 0 Å². The molecule has 4 N–H and O–H groups in total. The molecule has 324 valence electrons. The van der Waals surface area contributed by atoms with Crippen LogP contribution in [-0.2, 0) is 68.8 Å². The van der Waals surface area contributed by atoms with Gasteiger partial charge in [0, 0.05) is 37.8 Å². The Morgan fingerprint density at radius 2 is 1.70 bits per heavy atom. The van der Waals surface area contributed by atoms with Crippen molar-refractivity contribution in [1.82, 2.24) is 15.7 Å². The van der Waals surface area contributed by atoms with Crippen LogP contribution in [0.1, 0.15) is 78.2 Å². The van der Waals surface area contributed by atoms with Gasteiger partial charge >= 0.3 is 11.9 Å². The van der Waals surface area contributed by atoms with Crippen molar-refractivity contribution in [3.8, 4) is 0 Å². The molecular formula is C46H53N3O12. The van der Waals surface area contributed by atoms with Crippen molar-refractivity contribution in [1.29, 1.82) is 0 Å². The highest BCUT2D eigenvalue weighted by Crippen LogP contribution is 2.58. The number of benzene rings is 3. The molecule has 0 aromatic heterocycles. The molecule has 0 radical (unpaired) electrons. The second kappa shape index (κ2) is 17.3. The largest absolute Gasteiger partial charge is 0.499 e. The topological polar surface area (TPSA) is 191 Å². The number of fused-ring (bicyclic) bond motifs is 5. The van der Waals surface area contributed by atoms with Crippen LogP contribution in [0, 0.1) is 5.41 Å². The summed E-state index contributed by atoms with van der Waals surface area (Å²) in [6.45, 7) is 5.24. The maximum atomic E-state index is 14.9. The first-order valence-corrected chi connectivity index (χ1v) is 20.8. The van der Waals surface area contributed by atoms with Gasteiger partial charge < -0.3 is 44.5 Å². The Hall–Kier alpha value is -5.16. The van der Waals surface area contributed by atoms with Gasteiger partial charge in [-0.05, 0) is 73.2 Å². The standard InChI is InChI=1S/C46H53N3O12/c1-44(2,3)58-36(52)16-15-34(27-51)48-41(53)31-10-6-7-30(21-31)25-47-43(55)46-24-35-37-38(60-45(59-37)22-32-8-4-5-9-33(32)23-45)40(46)61-49(39(46)42(54)57-35)26-29-13-11-28(12-14-29)17-19-56-20-18-50/h4-14,17,19,21,34-35,37-40,50-51H,15-16,18,20,22-27H2,1-3H3,(H,47,55)(H,48,53)/t34-,35+,37-,38-,39-,40+,46-/m0/s1. The van der Waals surface area contributed by atoms with Crippen molar-refractivity contribution >= 4 is 29.8 Å². The van der Waals surface area contributed by atoms with Crippen LogP contribution < -0.4 is 10.6 Å². The number of rotatable bonds is 15. The molecule has 2 aliphatic carbocycles. The highest BCUT2D eigenvalue weighted by Gasteiger charge is 2.76. The molecule has 61 heavy (non-hydrogen) atoms. The van der Waals surface area contributed by atoms with E-state index in [0.717, 1.165) is 22.3 Å². The van der Waals surface area contributed by atoms with Gasteiger partial charge in [0.1, 0.15) is 42.0 Å². The molecule has 8 rings (SSSR count). The Labute approximate surface area is 354 Å². The zero-order valence-corrected chi connectivity index (χ0v) is 34.5. The second-order valence-corrected chi connectivity index (χ2v) is 17.4. The van der Waals surface area contributed by atoms with Gasteiger partial charge in [0.05, 0.1) is 32.1 Å². The van der Waals surface area contributed by atoms with Crippen molar-refractivity contribution < 1.29 is 57.9 Å². The lowest BCUT2D eigenvalue weighted by Gasteiger charge is -2.48. The first-order chi connectivity index (χ1) is 29.3. The molecule has 4 fully saturated rings. The van der Waals surface area contributed by atoms with E-state index < -0.39 is 77.1 Å². The van der Waals surface area contributed by atoms with Crippen LogP contribution in [0.5, 0.6) is 0 Å². The van der Waals surface area contributed by atoms with Crippen LogP contribution >= 0.6 is 0 Å². The lowest BCUT2D eigenvalue weighted by molar-refractivity contribution is -0.217. The molecule has 3 heterocycles. The number of amides is 2. The van der Waals surface area contributed by atoms with Gasteiger partial charge in [-0.3, -0.25) is 24.0 Å². The van der Waals surface area contributed by atoms with Crippen LogP contribution in [0.3, 0.4) is 0 Å². The molecule has 1 saturated carbocycles. The molecule has 15 nitrogen and oxygen atoms in total. The molecule has 5 aliphatic rings. The van der Waals surface area contributed by atoms with E-state index in [-0.39, 0.29) is 52.2 Å². The lowest BCUT2D eigenvalue weighted by Crippen LogP contribution is -2.69. The summed E-state index contributed by atoms with van der Waals surface area (Å²) in [6.07, 6.45) is 1.62. The fourth-order valence-electron chi connectivity index (χ4n) is 9.25. The third kappa shape index (κ3) is 8.81. The number of hydrogen-bond acceptors (Lipinski definition) is 13. The molecule has 2 bridgehead atoms. The summed E-state index contributed by atoms with van der Waals surface area (Å²) in [6, 6.07) is 20.6. The maximum Gasteiger partial charge on any atom is 0.327 e. The van der Waals surface area contributed by atoms with Gasteiger partial charge in [0.25, 0.3) is 5.91 Å². The number of carbonyl (C=O) groups is 4. The number of hydrogen-bond donors (Lipinski definition) is 4. The second-order valence-electron chi connectivity index (χ2n) is 17.4. The zero-order chi connectivity index (χ0) is 42.9. The Morgan fingerprint density at radius 1 is 0.967 bits per heavy atom. The normalized spacial score (nSPS) is 26.4. The van der Waals surface area contributed by atoms with Gasteiger partial charge in [0.15, 0.2) is 11.8 Å². The molecular weight excluding hydrogens is 787 g/mol. The van der Waals surface area contributed by atoms with E-state index in [4.69, 9.17) is 33.6 Å². The Bertz CT molecular complexity index is 2130. The number of aliphatic hydroxyl groups is 2. The summed E-state index contributed by atoms with van der Waals surface area (Å²) >= 11 is 0. The summed E-state index contributed by atoms with van der Waals surface area (Å²) in [7, 11) is 0. The zero-order valence-electron chi connectivity index (χ0n) is 34.5. The summed E-state index contributed by atoms with van der Waals surface area (Å²) in [5.74, 6) is -2.87. The number of aliphatic hydroxyl groups excluding tert-OH is 2. The number of nitrogens with zero attached hydrogens (tertiary/aromatic N) is 1. The minimum Gasteiger partial charge on any atom is -0.499 e. The van der Waals surface area contributed by atoms with Crippen LogP contribution in [-0.4, -0.2) is 107 Å². The molecule has 7 atom stereocenters. The lowest BCUT2D eigenvalue weighted by atomic mass is 9.62.